The van der Waals surface area contributed by atoms with Gasteiger partial charge in [0, 0.05) is 6.26 Å². The maximum absolute atomic E-state index is 12.0. The number of sulfone groups is 1. The summed E-state index contributed by atoms with van der Waals surface area (Å²) in [5.41, 5.74) is -1.67. The molecule has 7 nitrogen and oxygen atoms in total. The zero-order valence-corrected chi connectivity index (χ0v) is 12.7. The first kappa shape index (κ1) is 16.6. The van der Waals surface area contributed by atoms with E-state index in [2.05, 4.69) is 0 Å². The molecule has 0 saturated heterocycles. The van der Waals surface area contributed by atoms with E-state index < -0.39 is 31.4 Å². The lowest BCUT2D eigenvalue weighted by atomic mass is 10.1. The molecule has 0 saturated carbocycles. The maximum atomic E-state index is 12.0. The molecule has 0 atom stereocenters. The molecule has 1 aromatic carbocycles. The summed E-state index contributed by atoms with van der Waals surface area (Å²) < 4.78 is 48.5. The fourth-order valence-electron chi connectivity index (χ4n) is 1.30. The molecule has 2 N–H and O–H groups in total. The van der Waals surface area contributed by atoms with E-state index in [1.165, 1.54) is 13.8 Å². The van der Waals surface area contributed by atoms with Crippen LogP contribution >= 0.6 is 0 Å². The maximum Gasteiger partial charge on any atom is 0.324 e. The molecule has 0 aromatic heterocycles. The van der Waals surface area contributed by atoms with Gasteiger partial charge in [-0.15, -0.1) is 0 Å². The van der Waals surface area contributed by atoms with Crippen LogP contribution in [0.2, 0.25) is 0 Å². The van der Waals surface area contributed by atoms with Crippen molar-refractivity contribution in [1.29, 1.82) is 0 Å². The summed E-state index contributed by atoms with van der Waals surface area (Å²) in [7, 11) is -7.47. The third-order valence-electron chi connectivity index (χ3n) is 2.49. The van der Waals surface area contributed by atoms with Crippen molar-refractivity contribution in [1.82, 2.24) is 4.72 Å². The molecule has 0 spiro atoms. The van der Waals surface area contributed by atoms with Crippen LogP contribution in [0.15, 0.2) is 34.1 Å². The molecule has 0 fully saturated rings. The van der Waals surface area contributed by atoms with Gasteiger partial charge in [0.1, 0.15) is 5.54 Å². The normalized spacial score (nSPS) is 13.2. The summed E-state index contributed by atoms with van der Waals surface area (Å²) in [5, 5.41) is 8.90. The lowest BCUT2D eigenvalue weighted by molar-refractivity contribution is -0.142. The second-order valence-electron chi connectivity index (χ2n) is 4.78. The Kier molecular flexibility index (Phi) is 4.28. The summed E-state index contributed by atoms with van der Waals surface area (Å²) in [6, 6.07) is 4.52. The average molecular weight is 321 g/mol. The summed E-state index contributed by atoms with van der Waals surface area (Å²) in [6.45, 7) is 2.41. The number of rotatable bonds is 5. The zero-order valence-electron chi connectivity index (χ0n) is 11.1. The topological polar surface area (TPSA) is 118 Å². The van der Waals surface area contributed by atoms with E-state index >= 15 is 0 Å². The van der Waals surface area contributed by atoms with Gasteiger partial charge in [-0.3, -0.25) is 4.79 Å². The van der Waals surface area contributed by atoms with Crippen LogP contribution in [0, 0.1) is 0 Å². The molecule has 0 bridgehead atoms. The molecule has 112 valence electrons. The van der Waals surface area contributed by atoms with Crippen LogP contribution in [0.4, 0.5) is 0 Å². The summed E-state index contributed by atoms with van der Waals surface area (Å²) >= 11 is 0. The summed E-state index contributed by atoms with van der Waals surface area (Å²) in [6.07, 6.45) is 1.00. The Bertz CT molecular complexity index is 717. The van der Waals surface area contributed by atoms with Crippen LogP contribution in [-0.2, 0) is 24.7 Å². The first-order chi connectivity index (χ1) is 8.86. The number of carboxylic acids is 1. The van der Waals surface area contributed by atoms with E-state index in [4.69, 9.17) is 5.11 Å². The second-order valence-corrected chi connectivity index (χ2v) is 8.48. The Morgan fingerprint density at radius 2 is 1.45 bits per heavy atom. The van der Waals surface area contributed by atoms with Crippen molar-refractivity contribution < 1.29 is 26.7 Å². The Hall–Kier alpha value is -1.45. The van der Waals surface area contributed by atoms with Gasteiger partial charge in [-0.05, 0) is 38.1 Å². The van der Waals surface area contributed by atoms with Crippen molar-refractivity contribution >= 4 is 25.8 Å². The first-order valence-electron chi connectivity index (χ1n) is 5.44. The van der Waals surface area contributed by atoms with Gasteiger partial charge in [-0.1, -0.05) is 0 Å². The van der Waals surface area contributed by atoms with E-state index in [0.717, 1.165) is 30.5 Å². The van der Waals surface area contributed by atoms with Crippen LogP contribution in [0.5, 0.6) is 0 Å². The SMILES string of the molecule is CC(C)(NS(=O)(=O)c1ccc(S(C)(=O)=O)cc1)C(=O)O. The molecule has 1 aromatic rings. The molecule has 0 aliphatic heterocycles. The fraction of sp³-hybridized carbons (Fsp3) is 0.364. The summed E-state index contributed by atoms with van der Waals surface area (Å²) in [4.78, 5) is 10.7. The predicted molar refractivity (Wildman–Crippen MR) is 71.6 cm³/mol. The lowest BCUT2D eigenvalue weighted by Gasteiger charge is -2.20. The number of carbonyl (C=O) groups is 1. The molecule has 1 rings (SSSR count). The number of carboxylic acid groups (broad SMARTS) is 1. The van der Waals surface area contributed by atoms with Crippen LogP contribution in [-0.4, -0.2) is 39.7 Å². The first-order valence-corrected chi connectivity index (χ1v) is 8.81. The van der Waals surface area contributed by atoms with Crippen molar-refractivity contribution in [2.75, 3.05) is 6.26 Å². The smallest absolute Gasteiger partial charge is 0.324 e. The molecule has 0 amide bonds. The van der Waals surface area contributed by atoms with Gasteiger partial charge in [-0.25, -0.2) is 16.8 Å². The highest BCUT2D eigenvalue weighted by Crippen LogP contribution is 2.16. The third-order valence-corrected chi connectivity index (χ3v) is 5.29. The van der Waals surface area contributed by atoms with Crippen molar-refractivity contribution in [3.63, 3.8) is 0 Å². The van der Waals surface area contributed by atoms with E-state index in [1.807, 2.05) is 4.72 Å². The van der Waals surface area contributed by atoms with Crippen molar-refractivity contribution in [3.05, 3.63) is 24.3 Å². The molecule has 9 heteroatoms. The van der Waals surface area contributed by atoms with Crippen molar-refractivity contribution in [2.24, 2.45) is 0 Å². The molecule has 0 radical (unpaired) electrons. The number of hydrogen-bond donors (Lipinski definition) is 2. The average Bonchev–Trinajstić information content (AvgIpc) is 2.26. The standard InChI is InChI=1S/C11H15NO6S2/c1-11(2,10(13)14)12-20(17,18)9-6-4-8(5-7-9)19(3,15)16/h4-7,12H,1-3H3,(H,13,14). The van der Waals surface area contributed by atoms with Gasteiger partial charge in [0.15, 0.2) is 9.84 Å². The highest BCUT2D eigenvalue weighted by atomic mass is 32.2. The number of benzene rings is 1. The minimum atomic E-state index is -4.05. The molecule has 0 aliphatic rings. The van der Waals surface area contributed by atoms with E-state index in [-0.39, 0.29) is 9.79 Å². The number of hydrogen-bond acceptors (Lipinski definition) is 5. The largest absolute Gasteiger partial charge is 0.480 e. The molecule has 0 heterocycles. The highest BCUT2D eigenvalue weighted by molar-refractivity contribution is 7.90. The van der Waals surface area contributed by atoms with Crippen LogP contribution in [0.3, 0.4) is 0 Å². The van der Waals surface area contributed by atoms with E-state index in [1.54, 1.807) is 0 Å². The minimum Gasteiger partial charge on any atom is -0.480 e. The highest BCUT2D eigenvalue weighted by Gasteiger charge is 2.33. The Morgan fingerprint density at radius 3 is 1.80 bits per heavy atom. The molecular formula is C11H15NO6S2. The third kappa shape index (κ3) is 3.78. The Labute approximate surface area is 117 Å². The fourth-order valence-corrected chi connectivity index (χ4v) is 3.31. The van der Waals surface area contributed by atoms with Gasteiger partial charge in [0.05, 0.1) is 9.79 Å². The summed E-state index contributed by atoms with van der Waals surface area (Å²) in [5.74, 6) is -1.33. The zero-order chi connectivity index (χ0) is 15.8. The van der Waals surface area contributed by atoms with Crippen LogP contribution in [0.25, 0.3) is 0 Å². The molecular weight excluding hydrogens is 306 g/mol. The molecule has 20 heavy (non-hydrogen) atoms. The van der Waals surface area contributed by atoms with E-state index in [9.17, 15) is 21.6 Å². The lowest BCUT2D eigenvalue weighted by Crippen LogP contribution is -2.49. The molecule has 0 unspecified atom stereocenters. The van der Waals surface area contributed by atoms with E-state index in [0.29, 0.717) is 0 Å². The minimum absolute atomic E-state index is 0.0195. The number of aliphatic carboxylic acids is 1. The monoisotopic (exact) mass is 321 g/mol. The predicted octanol–water partition coefficient (Wildman–Crippen LogP) is 0.232. The number of sulfonamides is 1. The van der Waals surface area contributed by atoms with Crippen molar-refractivity contribution in [3.8, 4) is 0 Å². The van der Waals surface area contributed by atoms with Crippen LogP contribution in [0.1, 0.15) is 13.8 Å². The van der Waals surface area contributed by atoms with Crippen LogP contribution < -0.4 is 4.72 Å². The quantitative estimate of drug-likeness (QED) is 0.801. The van der Waals surface area contributed by atoms with Gasteiger partial charge in [0.2, 0.25) is 10.0 Å². The Balaban J connectivity index is 3.15. The second kappa shape index (κ2) is 5.15. The van der Waals surface area contributed by atoms with Gasteiger partial charge < -0.3 is 5.11 Å². The van der Waals surface area contributed by atoms with Gasteiger partial charge in [-0.2, -0.15) is 4.72 Å². The number of nitrogens with one attached hydrogen (secondary N) is 1. The van der Waals surface area contributed by atoms with Gasteiger partial charge in [0.25, 0.3) is 0 Å². The molecule has 0 aliphatic carbocycles. The van der Waals surface area contributed by atoms with Crippen molar-refractivity contribution in [2.45, 2.75) is 29.2 Å². The van der Waals surface area contributed by atoms with Gasteiger partial charge >= 0.3 is 5.97 Å². The Morgan fingerprint density at radius 1 is 1.05 bits per heavy atom.